The van der Waals surface area contributed by atoms with Crippen molar-refractivity contribution in [2.45, 2.75) is 0 Å². The van der Waals surface area contributed by atoms with E-state index in [4.69, 9.17) is 27.9 Å². The summed E-state index contributed by atoms with van der Waals surface area (Å²) >= 11 is 16.3. The third-order valence-electron chi connectivity index (χ3n) is 2.31. The average molecular weight is 366 g/mol. The predicted molar refractivity (Wildman–Crippen MR) is 78.5 cm³/mol. The number of methoxy groups -OCH3 is 1. The molecule has 0 saturated heterocycles. The van der Waals surface area contributed by atoms with Crippen LogP contribution in [0.2, 0.25) is 8.67 Å². The Morgan fingerprint density at radius 2 is 2.00 bits per heavy atom. The summed E-state index contributed by atoms with van der Waals surface area (Å²) < 4.78 is 6.90. The molecule has 0 radical (unpaired) electrons. The molecule has 0 saturated carbocycles. The van der Waals surface area contributed by atoms with Crippen molar-refractivity contribution in [2.24, 2.45) is 0 Å². The lowest BCUT2D eigenvalue weighted by molar-refractivity contribution is 0.103. The summed E-state index contributed by atoms with van der Waals surface area (Å²) in [5, 5.41) is 0. The molecular weight excluding hydrogens is 359 g/mol. The molecule has 18 heavy (non-hydrogen) atoms. The second-order valence-corrected chi connectivity index (χ2v) is 6.61. The Bertz CT molecular complexity index is 610. The van der Waals surface area contributed by atoms with Crippen molar-refractivity contribution in [1.29, 1.82) is 0 Å². The number of carbonyl (C=O) groups excluding carboxylic acids is 1. The number of rotatable bonds is 3. The maximum absolute atomic E-state index is 12.3. The molecule has 2 aromatic rings. The monoisotopic (exact) mass is 364 g/mol. The molecule has 94 valence electrons. The molecular formula is C12H7BrCl2O2S. The van der Waals surface area contributed by atoms with Gasteiger partial charge in [0.25, 0.3) is 0 Å². The summed E-state index contributed by atoms with van der Waals surface area (Å²) in [5.74, 6) is 0.292. The van der Waals surface area contributed by atoms with Gasteiger partial charge in [-0.15, -0.1) is 11.3 Å². The summed E-state index contributed by atoms with van der Waals surface area (Å²) in [7, 11) is 1.51. The summed E-state index contributed by atoms with van der Waals surface area (Å²) in [4.78, 5) is 12.3. The molecule has 1 heterocycles. The molecule has 0 amide bonds. The molecule has 0 spiro atoms. The van der Waals surface area contributed by atoms with E-state index in [1.807, 2.05) is 0 Å². The van der Waals surface area contributed by atoms with Gasteiger partial charge in [0.1, 0.15) is 10.1 Å². The zero-order valence-electron chi connectivity index (χ0n) is 9.17. The molecule has 6 heteroatoms. The topological polar surface area (TPSA) is 26.3 Å². The maximum atomic E-state index is 12.3. The first kappa shape index (κ1) is 13.9. The van der Waals surface area contributed by atoms with Crippen LogP contribution in [-0.4, -0.2) is 12.9 Å². The Morgan fingerprint density at radius 1 is 1.28 bits per heavy atom. The van der Waals surface area contributed by atoms with Crippen molar-refractivity contribution in [2.75, 3.05) is 7.11 Å². The van der Waals surface area contributed by atoms with Crippen LogP contribution in [0, 0.1) is 0 Å². The van der Waals surface area contributed by atoms with Crippen molar-refractivity contribution in [3.63, 3.8) is 0 Å². The number of ether oxygens (including phenoxy) is 1. The minimum Gasteiger partial charge on any atom is -0.496 e. The Kier molecular flexibility index (Phi) is 4.33. The fourth-order valence-corrected chi connectivity index (χ4v) is 3.29. The third kappa shape index (κ3) is 2.72. The van der Waals surface area contributed by atoms with Crippen LogP contribution in [0.1, 0.15) is 15.9 Å². The van der Waals surface area contributed by atoms with E-state index in [0.717, 1.165) is 4.47 Å². The number of benzene rings is 1. The van der Waals surface area contributed by atoms with Gasteiger partial charge < -0.3 is 4.74 Å². The first-order valence-corrected chi connectivity index (χ1v) is 7.22. The Hall–Kier alpha value is -0.550. The van der Waals surface area contributed by atoms with Crippen molar-refractivity contribution < 1.29 is 9.53 Å². The largest absolute Gasteiger partial charge is 0.496 e. The fraction of sp³-hybridized carbons (Fsp3) is 0.0833. The van der Waals surface area contributed by atoms with Gasteiger partial charge in [0.2, 0.25) is 0 Å². The molecule has 0 N–H and O–H groups in total. The third-order valence-corrected chi connectivity index (χ3v) is 4.29. The van der Waals surface area contributed by atoms with Crippen LogP contribution >= 0.6 is 50.5 Å². The number of ketones is 1. The van der Waals surface area contributed by atoms with Gasteiger partial charge in [-0.05, 0) is 24.3 Å². The molecule has 1 aromatic carbocycles. The lowest BCUT2D eigenvalue weighted by atomic mass is 10.1. The normalized spacial score (nSPS) is 10.4. The van der Waals surface area contributed by atoms with E-state index in [-0.39, 0.29) is 5.78 Å². The van der Waals surface area contributed by atoms with Crippen LogP contribution in [0.25, 0.3) is 0 Å². The lowest BCUT2D eigenvalue weighted by Gasteiger charge is -2.07. The highest BCUT2D eigenvalue weighted by atomic mass is 79.9. The van der Waals surface area contributed by atoms with Gasteiger partial charge in [0.15, 0.2) is 5.78 Å². The van der Waals surface area contributed by atoms with Crippen LogP contribution in [0.4, 0.5) is 0 Å². The molecule has 0 aliphatic heterocycles. The zero-order valence-corrected chi connectivity index (χ0v) is 13.1. The SMILES string of the molecule is COc1cc(Br)ccc1C(=O)c1cc(Cl)sc1Cl. The van der Waals surface area contributed by atoms with Gasteiger partial charge in [-0.25, -0.2) is 0 Å². The summed E-state index contributed by atoms with van der Waals surface area (Å²) in [6, 6.07) is 6.76. The quantitative estimate of drug-likeness (QED) is 0.711. The highest BCUT2D eigenvalue weighted by Gasteiger charge is 2.19. The summed E-state index contributed by atoms with van der Waals surface area (Å²) in [6.45, 7) is 0. The Labute approximate surface area is 127 Å². The van der Waals surface area contributed by atoms with Crippen molar-refractivity contribution in [3.8, 4) is 5.75 Å². The van der Waals surface area contributed by atoms with Gasteiger partial charge in [0, 0.05) is 4.47 Å². The first-order chi connectivity index (χ1) is 8.52. The van der Waals surface area contributed by atoms with E-state index in [1.54, 1.807) is 24.3 Å². The molecule has 0 aliphatic carbocycles. The molecule has 2 rings (SSSR count). The summed E-state index contributed by atoms with van der Waals surface area (Å²) in [5.41, 5.74) is 0.851. The van der Waals surface area contributed by atoms with Gasteiger partial charge in [-0.2, -0.15) is 0 Å². The van der Waals surface area contributed by atoms with Crippen molar-refractivity contribution >= 4 is 56.3 Å². The van der Waals surface area contributed by atoms with E-state index >= 15 is 0 Å². The number of hydrogen-bond acceptors (Lipinski definition) is 3. The molecule has 2 nitrogen and oxygen atoms in total. The number of hydrogen-bond donors (Lipinski definition) is 0. The van der Waals surface area contributed by atoms with E-state index in [2.05, 4.69) is 15.9 Å². The highest BCUT2D eigenvalue weighted by molar-refractivity contribution is 9.10. The minimum atomic E-state index is -0.201. The molecule has 0 unspecified atom stereocenters. The van der Waals surface area contributed by atoms with Gasteiger partial charge in [-0.3, -0.25) is 4.79 Å². The first-order valence-electron chi connectivity index (χ1n) is 4.86. The molecule has 1 aromatic heterocycles. The van der Waals surface area contributed by atoms with Gasteiger partial charge in [-0.1, -0.05) is 39.1 Å². The van der Waals surface area contributed by atoms with E-state index in [1.165, 1.54) is 18.4 Å². The molecule has 0 aliphatic rings. The Morgan fingerprint density at radius 3 is 2.56 bits per heavy atom. The predicted octanol–water partition coefficient (Wildman–Crippen LogP) is 5.06. The second kappa shape index (κ2) is 5.61. The lowest BCUT2D eigenvalue weighted by Crippen LogP contribution is -2.03. The van der Waals surface area contributed by atoms with Crippen LogP contribution in [0.15, 0.2) is 28.7 Å². The van der Waals surface area contributed by atoms with E-state index in [0.29, 0.717) is 25.5 Å². The second-order valence-electron chi connectivity index (χ2n) is 3.41. The number of halogens is 3. The van der Waals surface area contributed by atoms with Crippen molar-refractivity contribution in [1.82, 2.24) is 0 Å². The standard InChI is InChI=1S/C12H7BrCl2O2S/c1-17-9-4-6(13)2-3-7(9)11(16)8-5-10(14)18-12(8)15/h2-5H,1H3. The van der Waals surface area contributed by atoms with Crippen LogP contribution in [-0.2, 0) is 0 Å². The van der Waals surface area contributed by atoms with Crippen LogP contribution in [0.5, 0.6) is 5.75 Å². The fourth-order valence-electron chi connectivity index (χ4n) is 1.49. The van der Waals surface area contributed by atoms with Crippen molar-refractivity contribution in [3.05, 3.63) is 48.5 Å². The molecule has 0 bridgehead atoms. The van der Waals surface area contributed by atoms with Gasteiger partial charge in [0.05, 0.1) is 22.6 Å². The minimum absolute atomic E-state index is 0.201. The summed E-state index contributed by atoms with van der Waals surface area (Å²) in [6.07, 6.45) is 0. The maximum Gasteiger partial charge on any atom is 0.199 e. The average Bonchev–Trinajstić information content (AvgIpc) is 2.67. The van der Waals surface area contributed by atoms with Crippen LogP contribution in [0.3, 0.4) is 0 Å². The number of carbonyl (C=O) groups is 1. The van der Waals surface area contributed by atoms with Gasteiger partial charge >= 0.3 is 0 Å². The van der Waals surface area contributed by atoms with E-state index in [9.17, 15) is 4.79 Å². The molecule has 0 fully saturated rings. The number of thiophene rings is 1. The molecule has 0 atom stereocenters. The van der Waals surface area contributed by atoms with E-state index < -0.39 is 0 Å². The van der Waals surface area contributed by atoms with Crippen LogP contribution < -0.4 is 4.74 Å². The Balaban J connectivity index is 2.49. The highest BCUT2D eigenvalue weighted by Crippen LogP contribution is 2.34. The smallest absolute Gasteiger partial charge is 0.199 e. The zero-order chi connectivity index (χ0) is 13.3.